The highest BCUT2D eigenvalue weighted by molar-refractivity contribution is 7.46. The summed E-state index contributed by atoms with van der Waals surface area (Å²) in [6, 6.07) is 0. The number of aliphatic hydroxyl groups excluding tert-OH is 1. The number of nitrogens with zero attached hydrogens (tertiary/aromatic N) is 8. The number of azide groups is 1. The molecule has 1 fully saturated rings. The topological polar surface area (TPSA) is 218 Å². The molecule has 0 aliphatic carbocycles. The standard InChI is InChI=1S/C10H13N8O6P.C6H15N/c11-8-7-9(14-3-13-8)18(10(15-7)16-17-12)6-1-4(19)5(24-6)2-23-25(20,21)22;1-4-7(5-2)6-3/h3-6,19H,1-2H2,(H2,11,13,14)(H2,20,21,22);4-6H2,1-3H3/t4-,5+,6+;/m0./s1. The van der Waals surface area contributed by atoms with E-state index in [0.29, 0.717) is 0 Å². The highest BCUT2D eigenvalue weighted by Gasteiger charge is 2.38. The summed E-state index contributed by atoms with van der Waals surface area (Å²) in [6.07, 6.45) is -1.73. The van der Waals surface area contributed by atoms with E-state index in [-0.39, 0.29) is 29.4 Å². The number of hydrogen-bond acceptors (Lipinski definition) is 10. The highest BCUT2D eigenvalue weighted by Crippen LogP contribution is 2.39. The molecule has 0 saturated carbocycles. The third kappa shape index (κ3) is 6.58. The van der Waals surface area contributed by atoms with Crippen LogP contribution < -0.4 is 5.73 Å². The molecule has 2 aromatic heterocycles. The summed E-state index contributed by atoms with van der Waals surface area (Å²) in [5.41, 5.74) is 14.8. The van der Waals surface area contributed by atoms with Gasteiger partial charge in [0.05, 0.1) is 12.7 Å². The minimum Gasteiger partial charge on any atom is -0.390 e. The molecular formula is C16H28N9O6P. The molecule has 2 aromatic rings. The van der Waals surface area contributed by atoms with Crippen molar-refractivity contribution < 1.29 is 28.7 Å². The van der Waals surface area contributed by atoms with Gasteiger partial charge in [-0.05, 0) is 30.3 Å². The SMILES string of the molecule is CCN(CC)CC.[N-]=[N+]=Nc1nc2c(N)ncnc2n1[C@H]1C[C@H](O)[C@@H](COP(=O)(O)O)O1. The lowest BCUT2D eigenvalue weighted by Gasteiger charge is -2.16. The van der Waals surface area contributed by atoms with E-state index in [1.54, 1.807) is 0 Å². The van der Waals surface area contributed by atoms with Gasteiger partial charge in [-0.1, -0.05) is 20.8 Å². The van der Waals surface area contributed by atoms with Crippen LogP contribution >= 0.6 is 7.82 Å². The van der Waals surface area contributed by atoms with Crippen molar-refractivity contribution in [1.29, 1.82) is 0 Å². The molecule has 0 spiro atoms. The normalized spacial score (nSPS) is 20.8. The number of aliphatic hydroxyl groups is 1. The molecule has 1 saturated heterocycles. The molecule has 0 bridgehead atoms. The molecule has 0 radical (unpaired) electrons. The number of aromatic nitrogens is 4. The van der Waals surface area contributed by atoms with Crippen molar-refractivity contribution in [2.75, 3.05) is 32.0 Å². The van der Waals surface area contributed by atoms with Gasteiger partial charge in [0.2, 0.25) is 5.95 Å². The van der Waals surface area contributed by atoms with Gasteiger partial charge in [0.1, 0.15) is 18.7 Å². The molecular weight excluding hydrogens is 445 g/mol. The largest absolute Gasteiger partial charge is 0.469 e. The summed E-state index contributed by atoms with van der Waals surface area (Å²) in [6.45, 7) is 9.60. The zero-order valence-corrected chi connectivity index (χ0v) is 18.9. The maximum Gasteiger partial charge on any atom is 0.469 e. The molecule has 1 aliphatic heterocycles. The first kappa shape index (κ1) is 25.9. The Bertz CT molecular complexity index is 982. The predicted molar refractivity (Wildman–Crippen MR) is 115 cm³/mol. The van der Waals surface area contributed by atoms with Gasteiger partial charge >= 0.3 is 7.82 Å². The molecule has 32 heavy (non-hydrogen) atoms. The molecule has 15 nitrogen and oxygen atoms in total. The summed E-state index contributed by atoms with van der Waals surface area (Å²) < 4.78 is 22.0. The van der Waals surface area contributed by atoms with Crippen LogP contribution in [0.15, 0.2) is 11.4 Å². The van der Waals surface area contributed by atoms with Crippen molar-refractivity contribution in [3.63, 3.8) is 0 Å². The Kier molecular flexibility index (Phi) is 9.31. The monoisotopic (exact) mass is 473 g/mol. The van der Waals surface area contributed by atoms with Crippen molar-refractivity contribution >= 4 is 30.8 Å². The van der Waals surface area contributed by atoms with Gasteiger partial charge in [-0.15, -0.1) is 0 Å². The predicted octanol–water partition coefficient (Wildman–Crippen LogP) is 1.46. The number of phosphoric ester groups is 1. The first-order valence-corrected chi connectivity index (χ1v) is 11.5. The van der Waals surface area contributed by atoms with E-state index < -0.39 is 32.9 Å². The number of nitrogen functional groups attached to an aromatic ring is 1. The maximum atomic E-state index is 10.8. The Labute approximate surface area is 184 Å². The Balaban J connectivity index is 0.000000451. The third-order valence-corrected chi connectivity index (χ3v) is 5.35. The Morgan fingerprint density at radius 1 is 1.38 bits per heavy atom. The average Bonchev–Trinajstić information content (AvgIpc) is 3.28. The lowest BCUT2D eigenvalue weighted by molar-refractivity contribution is -0.0418. The van der Waals surface area contributed by atoms with Crippen LogP contribution in [0, 0.1) is 0 Å². The van der Waals surface area contributed by atoms with Crippen molar-refractivity contribution in [1.82, 2.24) is 24.4 Å². The van der Waals surface area contributed by atoms with Crippen LogP contribution in [0.1, 0.15) is 33.4 Å². The smallest absolute Gasteiger partial charge is 0.390 e. The molecule has 16 heteroatoms. The number of hydrogen-bond donors (Lipinski definition) is 4. The van der Waals surface area contributed by atoms with E-state index in [0.717, 1.165) is 0 Å². The van der Waals surface area contributed by atoms with Crippen LogP contribution in [0.3, 0.4) is 0 Å². The Morgan fingerprint density at radius 3 is 2.56 bits per heavy atom. The quantitative estimate of drug-likeness (QED) is 0.186. The summed E-state index contributed by atoms with van der Waals surface area (Å²) in [4.78, 5) is 34.4. The highest BCUT2D eigenvalue weighted by atomic mass is 31.2. The van der Waals surface area contributed by atoms with Gasteiger partial charge in [-0.2, -0.15) is 0 Å². The second-order valence-corrected chi connectivity index (χ2v) is 7.98. The van der Waals surface area contributed by atoms with Crippen molar-refractivity contribution in [2.24, 2.45) is 5.11 Å². The lowest BCUT2D eigenvalue weighted by Crippen LogP contribution is -2.25. The summed E-state index contributed by atoms with van der Waals surface area (Å²) in [5.74, 6) is -0.0310. The van der Waals surface area contributed by atoms with Gasteiger partial charge in [-0.3, -0.25) is 9.09 Å². The van der Waals surface area contributed by atoms with Gasteiger partial charge in [0, 0.05) is 11.3 Å². The minimum atomic E-state index is -4.70. The molecule has 1 aliphatic rings. The summed E-state index contributed by atoms with van der Waals surface area (Å²) in [5, 5.41) is 13.5. The average molecular weight is 473 g/mol. The fourth-order valence-corrected chi connectivity index (χ4v) is 3.50. The van der Waals surface area contributed by atoms with Gasteiger partial charge in [0.15, 0.2) is 17.0 Å². The first-order valence-electron chi connectivity index (χ1n) is 9.94. The van der Waals surface area contributed by atoms with E-state index >= 15 is 0 Å². The molecule has 3 heterocycles. The van der Waals surface area contributed by atoms with Crippen LogP contribution in [0.2, 0.25) is 0 Å². The van der Waals surface area contributed by atoms with Crippen LogP contribution in [0.25, 0.3) is 21.6 Å². The van der Waals surface area contributed by atoms with Gasteiger partial charge in [0.25, 0.3) is 0 Å². The number of anilines is 1. The van der Waals surface area contributed by atoms with Crippen LogP contribution in [-0.2, 0) is 13.8 Å². The number of phosphoric acid groups is 1. The summed E-state index contributed by atoms with van der Waals surface area (Å²) >= 11 is 0. The fraction of sp³-hybridized carbons (Fsp3) is 0.688. The maximum absolute atomic E-state index is 10.8. The van der Waals surface area contributed by atoms with Gasteiger partial charge < -0.3 is 30.3 Å². The van der Waals surface area contributed by atoms with Crippen molar-refractivity contribution in [2.45, 2.75) is 45.6 Å². The first-order chi connectivity index (χ1) is 15.1. The minimum absolute atomic E-state index is 0.0263. The van der Waals surface area contributed by atoms with E-state index in [1.807, 2.05) is 0 Å². The Hall–Kier alpha value is -2.35. The zero-order valence-electron chi connectivity index (χ0n) is 18.0. The van der Waals surface area contributed by atoms with Crippen LogP contribution in [0.5, 0.6) is 0 Å². The number of fused-ring (bicyclic) bond motifs is 1. The lowest BCUT2D eigenvalue weighted by atomic mass is 10.2. The molecule has 178 valence electrons. The molecule has 3 atom stereocenters. The number of nitrogens with two attached hydrogens (primary N) is 1. The second kappa shape index (κ2) is 11.5. The van der Waals surface area contributed by atoms with E-state index in [2.05, 4.69) is 55.2 Å². The molecule has 0 amide bonds. The molecule has 5 N–H and O–H groups in total. The molecule has 0 unspecified atom stereocenters. The number of imidazole rings is 1. The number of ether oxygens (including phenoxy) is 1. The third-order valence-electron chi connectivity index (χ3n) is 4.86. The molecule has 3 rings (SSSR count). The van der Waals surface area contributed by atoms with Crippen molar-refractivity contribution in [3.05, 3.63) is 16.8 Å². The van der Waals surface area contributed by atoms with E-state index in [9.17, 15) is 9.67 Å². The van der Waals surface area contributed by atoms with Crippen LogP contribution in [0.4, 0.5) is 11.8 Å². The Morgan fingerprint density at radius 2 is 2.03 bits per heavy atom. The second-order valence-electron chi connectivity index (χ2n) is 6.74. The number of rotatable bonds is 8. The fourth-order valence-electron chi connectivity index (χ4n) is 3.15. The van der Waals surface area contributed by atoms with Crippen LogP contribution in [-0.4, -0.2) is 77.8 Å². The zero-order chi connectivity index (χ0) is 23.9. The molecule has 0 aromatic carbocycles. The van der Waals surface area contributed by atoms with E-state index in [1.165, 1.54) is 30.5 Å². The van der Waals surface area contributed by atoms with Gasteiger partial charge in [-0.25, -0.2) is 19.5 Å². The van der Waals surface area contributed by atoms with E-state index in [4.69, 9.17) is 25.8 Å². The summed E-state index contributed by atoms with van der Waals surface area (Å²) in [7, 11) is -4.70. The van der Waals surface area contributed by atoms with Crippen molar-refractivity contribution in [3.8, 4) is 0 Å².